The maximum absolute atomic E-state index is 13.6. The van der Waals surface area contributed by atoms with Crippen molar-refractivity contribution in [2.24, 2.45) is 0 Å². The molecule has 4 nitrogen and oxygen atoms in total. The summed E-state index contributed by atoms with van der Waals surface area (Å²) in [6, 6.07) is 19.2. The molecule has 0 spiro atoms. The van der Waals surface area contributed by atoms with Crippen LogP contribution in [0.25, 0.3) is 16.8 Å². The lowest BCUT2D eigenvalue weighted by Gasteiger charge is -2.09. The maximum Gasteiger partial charge on any atom is 0.433 e. The van der Waals surface area contributed by atoms with Crippen LogP contribution in [-0.4, -0.2) is 14.6 Å². The van der Waals surface area contributed by atoms with Crippen molar-refractivity contribution in [2.75, 3.05) is 0 Å². The maximum atomic E-state index is 13.6. The predicted octanol–water partition coefficient (Wildman–Crippen LogP) is 5.30. The molecular formula is C21H16F3N3O. The molecule has 2 heterocycles. The highest BCUT2D eigenvalue weighted by molar-refractivity contribution is 5.80. The minimum Gasteiger partial charge on any atom is -0.487 e. The predicted molar refractivity (Wildman–Crippen MR) is 98.9 cm³/mol. The van der Waals surface area contributed by atoms with Gasteiger partial charge in [0, 0.05) is 5.69 Å². The van der Waals surface area contributed by atoms with Crippen LogP contribution in [0.4, 0.5) is 13.2 Å². The lowest BCUT2D eigenvalue weighted by molar-refractivity contribution is -0.142. The molecule has 0 aliphatic carbocycles. The zero-order valence-electron chi connectivity index (χ0n) is 14.9. The summed E-state index contributed by atoms with van der Waals surface area (Å²) in [6.45, 7) is 1.56. The minimum atomic E-state index is -4.55. The van der Waals surface area contributed by atoms with Crippen molar-refractivity contribution >= 4 is 5.65 Å². The third kappa shape index (κ3) is 3.43. The Morgan fingerprint density at radius 3 is 2.25 bits per heavy atom. The van der Waals surface area contributed by atoms with E-state index in [1.54, 1.807) is 12.1 Å². The summed E-state index contributed by atoms with van der Waals surface area (Å²) in [5.74, 6) is 0.610. The number of ether oxygens (including phenoxy) is 1. The first-order valence-electron chi connectivity index (χ1n) is 8.63. The van der Waals surface area contributed by atoms with Crippen LogP contribution in [0.2, 0.25) is 0 Å². The fourth-order valence-corrected chi connectivity index (χ4v) is 3.05. The third-order valence-corrected chi connectivity index (χ3v) is 4.26. The number of nitrogens with zero attached hydrogens (tertiary/aromatic N) is 3. The smallest absolute Gasteiger partial charge is 0.433 e. The molecule has 0 aliphatic heterocycles. The van der Waals surface area contributed by atoms with Crippen LogP contribution < -0.4 is 4.74 Å². The van der Waals surface area contributed by atoms with E-state index in [9.17, 15) is 13.2 Å². The summed E-state index contributed by atoms with van der Waals surface area (Å²) in [6.07, 6.45) is -4.55. The van der Waals surface area contributed by atoms with Crippen LogP contribution in [0, 0.1) is 6.92 Å². The topological polar surface area (TPSA) is 39.4 Å². The molecule has 0 saturated heterocycles. The van der Waals surface area contributed by atoms with E-state index in [2.05, 4.69) is 10.1 Å². The lowest BCUT2D eigenvalue weighted by atomic mass is 10.1. The van der Waals surface area contributed by atoms with Gasteiger partial charge in [-0.05, 0) is 30.7 Å². The van der Waals surface area contributed by atoms with Crippen LogP contribution in [0.15, 0.2) is 66.7 Å². The molecule has 0 aliphatic rings. The number of fused-ring (bicyclic) bond motifs is 1. The van der Waals surface area contributed by atoms with Gasteiger partial charge in [-0.3, -0.25) is 0 Å². The third-order valence-electron chi connectivity index (χ3n) is 4.26. The van der Waals surface area contributed by atoms with Gasteiger partial charge in [-0.2, -0.15) is 18.3 Å². The Morgan fingerprint density at radius 2 is 1.61 bits per heavy atom. The molecule has 0 bridgehead atoms. The van der Waals surface area contributed by atoms with Gasteiger partial charge in [-0.25, -0.2) is 9.50 Å². The van der Waals surface area contributed by atoms with Crippen molar-refractivity contribution in [3.05, 3.63) is 83.8 Å². The number of aromatic nitrogens is 3. The first-order chi connectivity index (χ1) is 13.4. The molecule has 4 rings (SSSR count). The zero-order chi connectivity index (χ0) is 19.7. The molecule has 0 N–H and O–H groups in total. The van der Waals surface area contributed by atoms with Gasteiger partial charge in [0.05, 0.1) is 5.56 Å². The minimum absolute atomic E-state index is 0.0218. The number of rotatable bonds is 4. The molecule has 28 heavy (non-hydrogen) atoms. The average molecular weight is 383 g/mol. The number of hydrogen-bond acceptors (Lipinski definition) is 3. The Bertz CT molecular complexity index is 1110. The Kier molecular flexibility index (Phi) is 4.50. The quantitative estimate of drug-likeness (QED) is 0.480. The van der Waals surface area contributed by atoms with E-state index >= 15 is 0 Å². The van der Waals surface area contributed by atoms with Gasteiger partial charge < -0.3 is 4.74 Å². The summed E-state index contributed by atoms with van der Waals surface area (Å²) in [7, 11) is 0. The van der Waals surface area contributed by atoms with Gasteiger partial charge >= 0.3 is 6.18 Å². The first kappa shape index (κ1) is 18.0. The summed E-state index contributed by atoms with van der Waals surface area (Å²) >= 11 is 0. The second-order valence-corrected chi connectivity index (χ2v) is 6.31. The van der Waals surface area contributed by atoms with Gasteiger partial charge in [-0.1, -0.05) is 48.5 Å². The fraction of sp³-hybridized carbons (Fsp3) is 0.143. The van der Waals surface area contributed by atoms with E-state index in [0.29, 0.717) is 17.0 Å². The summed E-state index contributed by atoms with van der Waals surface area (Å²) < 4.78 is 47.3. The molecule has 2 aromatic carbocycles. The molecule has 2 aromatic heterocycles. The molecule has 0 unspecified atom stereocenters. The normalized spacial score (nSPS) is 11.7. The highest BCUT2D eigenvalue weighted by atomic mass is 19.4. The van der Waals surface area contributed by atoms with Crippen molar-refractivity contribution in [3.63, 3.8) is 0 Å². The van der Waals surface area contributed by atoms with Crippen LogP contribution in [-0.2, 0) is 12.8 Å². The SMILES string of the molecule is Cc1cc(C(F)(F)F)n2nc(COc3ccccc3)c(-c3ccccc3)c2n1. The van der Waals surface area contributed by atoms with E-state index in [1.165, 1.54) is 6.92 Å². The molecule has 0 radical (unpaired) electrons. The largest absolute Gasteiger partial charge is 0.487 e. The molecule has 0 amide bonds. The lowest BCUT2D eigenvalue weighted by Crippen LogP contribution is -2.14. The van der Waals surface area contributed by atoms with E-state index in [0.717, 1.165) is 16.1 Å². The van der Waals surface area contributed by atoms with Crippen LogP contribution in [0.1, 0.15) is 17.1 Å². The molecule has 0 atom stereocenters. The van der Waals surface area contributed by atoms with Gasteiger partial charge in [0.1, 0.15) is 23.7 Å². The van der Waals surface area contributed by atoms with Gasteiger partial charge in [0.15, 0.2) is 5.65 Å². The number of hydrogen-bond donors (Lipinski definition) is 0. The Labute approximate surface area is 159 Å². The van der Waals surface area contributed by atoms with Crippen molar-refractivity contribution in [3.8, 4) is 16.9 Å². The molecule has 0 fully saturated rings. The van der Waals surface area contributed by atoms with Gasteiger partial charge in [-0.15, -0.1) is 0 Å². The number of alkyl halides is 3. The van der Waals surface area contributed by atoms with E-state index in [4.69, 9.17) is 4.74 Å². The summed E-state index contributed by atoms with van der Waals surface area (Å²) in [4.78, 5) is 4.35. The van der Waals surface area contributed by atoms with E-state index < -0.39 is 11.9 Å². The van der Waals surface area contributed by atoms with Crippen LogP contribution in [0.3, 0.4) is 0 Å². The second kappa shape index (κ2) is 6.99. The van der Waals surface area contributed by atoms with E-state index in [-0.39, 0.29) is 17.9 Å². The van der Waals surface area contributed by atoms with Crippen molar-refractivity contribution in [2.45, 2.75) is 19.7 Å². The summed E-state index contributed by atoms with van der Waals surface area (Å²) in [5, 5.41) is 4.22. The standard InChI is InChI=1S/C21H16F3N3O/c1-14-12-18(21(22,23)24)27-20(25-14)19(15-8-4-2-5-9-15)17(26-27)13-28-16-10-6-3-7-11-16/h2-12H,13H2,1H3. The average Bonchev–Trinajstić information content (AvgIpc) is 3.04. The zero-order valence-corrected chi connectivity index (χ0v) is 14.9. The highest BCUT2D eigenvalue weighted by Crippen LogP contribution is 2.34. The Morgan fingerprint density at radius 1 is 0.964 bits per heavy atom. The Balaban J connectivity index is 1.90. The van der Waals surface area contributed by atoms with Crippen molar-refractivity contribution < 1.29 is 17.9 Å². The number of benzene rings is 2. The molecular weight excluding hydrogens is 367 g/mol. The number of halogens is 3. The monoisotopic (exact) mass is 383 g/mol. The number of para-hydroxylation sites is 1. The summed E-state index contributed by atoms with van der Waals surface area (Å²) in [5.41, 5.74) is 1.22. The molecule has 142 valence electrons. The van der Waals surface area contributed by atoms with E-state index in [1.807, 2.05) is 48.5 Å². The Hall–Kier alpha value is -3.35. The molecule has 7 heteroatoms. The second-order valence-electron chi connectivity index (χ2n) is 6.31. The molecule has 4 aromatic rings. The van der Waals surface area contributed by atoms with Crippen molar-refractivity contribution in [1.29, 1.82) is 0 Å². The molecule has 0 saturated carbocycles. The van der Waals surface area contributed by atoms with Gasteiger partial charge in [0.2, 0.25) is 0 Å². The fourth-order valence-electron chi connectivity index (χ4n) is 3.05. The number of aryl methyl sites for hydroxylation is 1. The van der Waals surface area contributed by atoms with Gasteiger partial charge in [0.25, 0.3) is 0 Å². The van der Waals surface area contributed by atoms with Crippen LogP contribution >= 0.6 is 0 Å². The highest BCUT2D eigenvalue weighted by Gasteiger charge is 2.36. The van der Waals surface area contributed by atoms with Crippen LogP contribution in [0.5, 0.6) is 5.75 Å². The first-order valence-corrected chi connectivity index (χ1v) is 8.63. The van der Waals surface area contributed by atoms with Crippen molar-refractivity contribution in [1.82, 2.24) is 14.6 Å².